The maximum Gasteiger partial charge on any atom is 1.00 e. The van der Waals surface area contributed by atoms with Gasteiger partial charge in [0, 0.05) is 51.3 Å². The molecular weight excluding hydrogens is 1660 g/mol. The fraction of sp³-hybridized carbons (Fsp3) is 0.0417. The number of azo groups is 1. The SMILES string of the molecule is O=S(=O)([O-])c1cc(Nc2nc(Cl)nc(NCCNc3nc(Cl)nc(Nc4cc(S(=O)(=O)[O-])cc5cc(S(=O)(=O)[O-])c(-c6ccc7c(S(=O)(=O)[O-])cccc7c6S(=O)(=O)[O-])c([O-])c45)n3)n2)c2cc(N=Nc3ccc4c(S(=O)(=O)[O-])cccc4c3S(=O)(=O)O)c(S(=O)(=O)[O-])cc2c1.[Na+].[Na+].[Na+].[Na+].[Na+].[Na+].[Na+].[Na+]. The van der Waals surface area contributed by atoms with Crippen LogP contribution in [-0.4, -0.2) is 147 Å². The third-order valence-corrected chi connectivity index (χ3v) is 20.5. The molecule has 103 heavy (non-hydrogen) atoms. The van der Waals surface area contributed by atoms with Crippen molar-refractivity contribution in [2.24, 2.45) is 10.2 Å². The number of aromatic nitrogens is 6. The number of benzene rings is 8. The maximum atomic E-state index is 14.7. The molecule has 2 heterocycles. The maximum absolute atomic E-state index is 14.7. The van der Waals surface area contributed by atoms with Crippen LogP contribution in [0, 0.1) is 0 Å². The molecular formula is C48H26Cl2N12Na8O25S8. The molecule has 0 unspecified atom stereocenters. The molecule has 37 nitrogen and oxygen atoms in total. The van der Waals surface area contributed by atoms with E-state index in [0.29, 0.717) is 42.5 Å². The first-order chi connectivity index (χ1) is 43.9. The molecule has 0 aliphatic carbocycles. The molecule has 0 aliphatic heterocycles. The van der Waals surface area contributed by atoms with Gasteiger partial charge >= 0.3 is 236 Å². The van der Waals surface area contributed by atoms with Gasteiger partial charge in [0.2, 0.25) is 34.4 Å². The Labute approximate surface area is 770 Å². The van der Waals surface area contributed by atoms with Crippen molar-refractivity contribution in [1.29, 1.82) is 0 Å². The van der Waals surface area contributed by atoms with Crippen molar-refractivity contribution in [3.05, 3.63) is 114 Å². The van der Waals surface area contributed by atoms with Crippen molar-refractivity contribution >= 4 is 194 Å². The fourth-order valence-electron chi connectivity index (χ4n) is 9.54. The summed E-state index contributed by atoms with van der Waals surface area (Å²) in [4.78, 5) is 14.1. The summed E-state index contributed by atoms with van der Waals surface area (Å²) in [6, 6.07) is 12.2. The predicted octanol–water partition coefficient (Wildman–Crippen LogP) is -20.2. The quantitative estimate of drug-likeness (QED) is 0.0205. The van der Waals surface area contributed by atoms with Crippen LogP contribution in [0.4, 0.5) is 46.5 Å². The Kier molecular flexibility index (Phi) is 35.6. The Morgan fingerprint density at radius 1 is 0.388 bits per heavy atom. The average Bonchev–Trinajstić information content (AvgIpc) is 0.728. The molecule has 5 N–H and O–H groups in total. The second-order valence-electron chi connectivity index (χ2n) is 19.2. The van der Waals surface area contributed by atoms with E-state index in [1.807, 2.05) is 0 Å². The fourth-order valence-corrected chi connectivity index (χ4v) is 15.4. The molecule has 0 fully saturated rings. The molecule has 0 radical (unpaired) electrons. The Bertz CT molecular complexity index is 6090. The summed E-state index contributed by atoms with van der Waals surface area (Å²) in [5, 5.41) is 26.3. The number of anilines is 6. The van der Waals surface area contributed by atoms with Gasteiger partial charge in [-0.25, -0.2) is 58.9 Å². The zero-order valence-electron chi connectivity index (χ0n) is 53.6. The second kappa shape index (κ2) is 37.3. The van der Waals surface area contributed by atoms with E-state index >= 15 is 0 Å². The molecule has 2 aromatic heterocycles. The first-order valence-corrected chi connectivity index (χ1v) is 36.9. The summed E-state index contributed by atoms with van der Waals surface area (Å²) < 4.78 is 298. The molecule has 0 amide bonds. The molecule has 0 aliphatic rings. The second-order valence-corrected chi connectivity index (χ2v) is 30.7. The topological polar surface area (TPSA) is 628 Å². The largest absolute Gasteiger partial charge is 1.00 e. The molecule has 0 saturated carbocycles. The molecule has 0 saturated heterocycles. The molecule has 8 aromatic carbocycles. The normalized spacial score (nSPS) is 12.1. The molecule has 10 rings (SSSR count). The first-order valence-electron chi connectivity index (χ1n) is 24.9. The minimum atomic E-state index is -5.97. The van der Waals surface area contributed by atoms with Crippen LogP contribution in [0.3, 0.4) is 0 Å². The van der Waals surface area contributed by atoms with Gasteiger partial charge in [-0.2, -0.15) is 38.3 Å². The summed E-state index contributed by atoms with van der Waals surface area (Å²) in [5.74, 6) is -3.72. The van der Waals surface area contributed by atoms with Crippen LogP contribution in [-0.2, 0) is 80.9 Å². The molecule has 498 valence electrons. The van der Waals surface area contributed by atoms with Gasteiger partial charge in [0.25, 0.3) is 10.1 Å². The number of nitrogens with one attached hydrogen (secondary N) is 4. The van der Waals surface area contributed by atoms with Crippen LogP contribution < -0.4 is 263 Å². The smallest absolute Gasteiger partial charge is 0.872 e. The van der Waals surface area contributed by atoms with E-state index in [9.17, 15) is 109 Å². The van der Waals surface area contributed by atoms with E-state index in [2.05, 4.69) is 61.4 Å². The number of halogens is 2. The van der Waals surface area contributed by atoms with Gasteiger partial charge in [-0.1, -0.05) is 48.2 Å². The van der Waals surface area contributed by atoms with Crippen LogP contribution in [0.5, 0.6) is 5.75 Å². The van der Waals surface area contributed by atoms with E-state index in [1.54, 1.807) is 0 Å². The predicted molar refractivity (Wildman–Crippen MR) is 317 cm³/mol. The van der Waals surface area contributed by atoms with Crippen molar-refractivity contribution < 1.29 is 345 Å². The van der Waals surface area contributed by atoms with Gasteiger partial charge < -0.3 is 58.2 Å². The van der Waals surface area contributed by atoms with E-state index in [0.717, 1.165) is 60.7 Å². The summed E-state index contributed by atoms with van der Waals surface area (Å²) in [6.45, 7) is -0.539. The van der Waals surface area contributed by atoms with Gasteiger partial charge in [0.05, 0.1) is 40.0 Å². The van der Waals surface area contributed by atoms with E-state index in [-0.39, 0.29) is 261 Å². The minimum absolute atomic E-state index is 0. The van der Waals surface area contributed by atoms with Crippen molar-refractivity contribution in [3.63, 3.8) is 0 Å². The van der Waals surface area contributed by atoms with Crippen molar-refractivity contribution in [2.75, 3.05) is 34.4 Å². The summed E-state index contributed by atoms with van der Waals surface area (Å²) >= 11 is 12.4. The number of hydrogen-bond acceptors (Lipinski definition) is 36. The number of nitrogens with zero attached hydrogens (tertiary/aromatic N) is 8. The average molecular weight is 1680 g/mol. The zero-order valence-corrected chi connectivity index (χ0v) is 77.6. The van der Waals surface area contributed by atoms with Crippen LogP contribution in [0.1, 0.15) is 0 Å². The van der Waals surface area contributed by atoms with Crippen molar-refractivity contribution in [2.45, 2.75) is 39.2 Å². The van der Waals surface area contributed by atoms with Gasteiger partial charge in [0.15, 0.2) is 0 Å². The minimum Gasteiger partial charge on any atom is -0.872 e. The Morgan fingerprint density at radius 3 is 1.24 bits per heavy atom. The van der Waals surface area contributed by atoms with Crippen molar-refractivity contribution in [3.8, 4) is 16.9 Å². The molecule has 55 heteroatoms. The van der Waals surface area contributed by atoms with Gasteiger partial charge in [-0.15, -0.1) is 10.2 Å². The van der Waals surface area contributed by atoms with Crippen LogP contribution in [0.2, 0.25) is 10.6 Å². The molecule has 10 aromatic rings. The zero-order chi connectivity index (χ0) is 69.7. The van der Waals surface area contributed by atoms with Gasteiger partial charge in [0.1, 0.15) is 87.1 Å². The number of hydrogen-bond donors (Lipinski definition) is 5. The van der Waals surface area contributed by atoms with Crippen molar-refractivity contribution in [1.82, 2.24) is 29.9 Å². The first kappa shape index (κ1) is 98.4. The standard InChI is InChI=1S/C48H34Cl2N12O25S8.8Na/c49-43-55-45(59-47(57-43)53-31-17-22(88(64,65)66)13-20-15-36(92(76,77)78)32(19-29(20)31)62-61-30-10-9-25-27(42(30)95(85,86)87)4-2-6-35(25)91(73,74)75)51-11-12-52-46-56-44(50)58-48(60-46)54-33-18-23(89(67,68)69)14-21-16-37(93(79,80)81)39(40(63)38(21)33)28-8-7-24-26(41(28)94(82,83)84)3-1-5-34(24)90(70,71)72;;;;;;;;/h1-10,13-19,63H,11-12H2,(H,64,65,66)(H,67,68,69)(H,70,71,72)(H,73,74,75)(H,76,77,78)(H,79,80,81)(H,82,83,84)(H,85,86,87)(H2,51,53,55,57,59)(H2,52,54,56,58,60);;;;;;;;/q;8*+1/p-8. The Morgan fingerprint density at radius 2 is 0.796 bits per heavy atom. The van der Waals surface area contributed by atoms with Crippen LogP contribution in [0.25, 0.3) is 54.2 Å². The van der Waals surface area contributed by atoms with Crippen LogP contribution in [0.15, 0.2) is 153 Å². The van der Waals surface area contributed by atoms with E-state index < -0.39 is 226 Å². The molecule has 0 atom stereocenters. The van der Waals surface area contributed by atoms with Gasteiger partial charge in [-0.05, 0) is 106 Å². The molecule has 0 spiro atoms. The Balaban J connectivity index is 0.00000451. The summed E-state index contributed by atoms with van der Waals surface area (Å²) in [7, 11) is -44.6. The monoisotopic (exact) mass is 1680 g/mol. The Hall–Kier alpha value is -0.720. The van der Waals surface area contributed by atoms with Crippen LogP contribution >= 0.6 is 23.2 Å². The number of rotatable bonds is 20. The molecule has 0 bridgehead atoms. The number of fused-ring (bicyclic) bond motifs is 4. The third kappa shape index (κ3) is 22.8. The third-order valence-electron chi connectivity index (χ3n) is 13.2. The summed E-state index contributed by atoms with van der Waals surface area (Å²) in [5.41, 5.74) is -5.41. The van der Waals surface area contributed by atoms with E-state index in [4.69, 9.17) is 23.2 Å². The van der Waals surface area contributed by atoms with Gasteiger partial charge in [-0.3, -0.25) is 4.55 Å². The summed E-state index contributed by atoms with van der Waals surface area (Å²) in [6.07, 6.45) is 0. The van der Waals surface area contributed by atoms with E-state index in [1.165, 1.54) is 0 Å².